The molecule has 1 N–H and O–H groups in total. The molecule has 0 atom stereocenters. The van der Waals surface area contributed by atoms with Crippen LogP contribution in [0.3, 0.4) is 0 Å². The summed E-state index contributed by atoms with van der Waals surface area (Å²) in [4.78, 5) is 8.66. The maximum Gasteiger partial charge on any atom is 0.231 e. The van der Waals surface area contributed by atoms with E-state index in [0.29, 0.717) is 6.54 Å². The van der Waals surface area contributed by atoms with Gasteiger partial charge in [0.25, 0.3) is 0 Å². The normalized spacial score (nSPS) is 12.5. The maximum absolute atomic E-state index is 5.38. The third-order valence-corrected chi connectivity index (χ3v) is 3.54. The predicted octanol–water partition coefficient (Wildman–Crippen LogP) is 2.22. The highest BCUT2D eigenvalue weighted by molar-refractivity contribution is 5.70. The van der Waals surface area contributed by atoms with Gasteiger partial charge in [0.15, 0.2) is 17.1 Å². The Hall–Kier alpha value is -3.02. The molecule has 6 heteroatoms. The summed E-state index contributed by atoms with van der Waals surface area (Å²) in [5.41, 5.74) is 3.34. The van der Waals surface area contributed by atoms with E-state index < -0.39 is 0 Å². The molecule has 22 heavy (non-hydrogen) atoms. The van der Waals surface area contributed by atoms with Crippen molar-refractivity contribution in [3.05, 3.63) is 60.8 Å². The lowest BCUT2D eigenvalue weighted by molar-refractivity contribution is 0.174. The first-order valence-corrected chi connectivity index (χ1v) is 6.90. The van der Waals surface area contributed by atoms with E-state index in [9.17, 15) is 0 Å². The number of aromatic nitrogens is 3. The van der Waals surface area contributed by atoms with E-state index in [1.165, 1.54) is 0 Å². The number of hydrogen-bond acceptors (Lipinski definition) is 5. The fourth-order valence-electron chi connectivity index (χ4n) is 2.41. The van der Waals surface area contributed by atoms with Crippen LogP contribution in [0.1, 0.15) is 11.3 Å². The number of ether oxygens (including phenoxy) is 2. The van der Waals surface area contributed by atoms with Gasteiger partial charge in [0, 0.05) is 31.3 Å². The lowest BCUT2D eigenvalue weighted by Crippen LogP contribution is -2.12. The van der Waals surface area contributed by atoms with E-state index in [-0.39, 0.29) is 6.79 Å². The zero-order valence-corrected chi connectivity index (χ0v) is 11.8. The molecule has 1 aliphatic heterocycles. The van der Waals surface area contributed by atoms with Gasteiger partial charge in [-0.1, -0.05) is 12.6 Å². The van der Waals surface area contributed by atoms with Crippen molar-refractivity contribution in [1.29, 1.82) is 0 Å². The number of fused-ring (bicyclic) bond motifs is 2. The monoisotopic (exact) mass is 294 g/mol. The highest BCUT2D eigenvalue weighted by atomic mass is 16.7. The zero-order chi connectivity index (χ0) is 14.9. The predicted molar refractivity (Wildman–Crippen MR) is 81.4 cm³/mol. The van der Waals surface area contributed by atoms with E-state index in [1.54, 1.807) is 12.4 Å². The molecule has 2 aromatic heterocycles. The number of hydrogen-bond donors (Lipinski definition) is 1. The molecular formula is C16H14N4O2. The lowest BCUT2D eigenvalue weighted by atomic mass is 10.2. The fraction of sp³-hybridized carbons (Fsp3) is 0.125. The Kier molecular flexibility index (Phi) is 2.93. The van der Waals surface area contributed by atoms with Crippen LogP contribution in [0.5, 0.6) is 11.5 Å². The smallest absolute Gasteiger partial charge is 0.231 e. The average molecular weight is 294 g/mol. The summed E-state index contributed by atoms with van der Waals surface area (Å²) in [5.74, 6) is 1.56. The Labute approximate surface area is 127 Å². The lowest BCUT2D eigenvalue weighted by Gasteiger charge is -2.10. The van der Waals surface area contributed by atoms with E-state index in [2.05, 4.69) is 21.9 Å². The maximum atomic E-state index is 5.38. The highest BCUT2D eigenvalue weighted by Crippen LogP contribution is 2.32. The summed E-state index contributed by atoms with van der Waals surface area (Å²) in [6.07, 6.45) is 7.21. The standard InChI is InChI=1S/C16H14N4O2/c1-11(15-16-18-5-7-20(16)6-4-17-15)19-9-12-2-3-13-14(8-12)22-10-21-13/h2-8,19H,1,9-10H2. The number of imidazole rings is 1. The largest absolute Gasteiger partial charge is 0.454 e. The molecule has 0 unspecified atom stereocenters. The molecule has 0 saturated heterocycles. The van der Waals surface area contributed by atoms with Crippen molar-refractivity contribution < 1.29 is 9.47 Å². The van der Waals surface area contributed by atoms with Crippen LogP contribution in [-0.4, -0.2) is 21.2 Å². The summed E-state index contributed by atoms with van der Waals surface area (Å²) in [7, 11) is 0. The van der Waals surface area contributed by atoms with Gasteiger partial charge >= 0.3 is 0 Å². The van der Waals surface area contributed by atoms with Crippen LogP contribution >= 0.6 is 0 Å². The molecule has 0 saturated carbocycles. The van der Waals surface area contributed by atoms with Crippen LogP contribution < -0.4 is 14.8 Å². The number of rotatable bonds is 4. The van der Waals surface area contributed by atoms with Gasteiger partial charge in [-0.2, -0.15) is 0 Å². The number of nitrogens with zero attached hydrogens (tertiary/aromatic N) is 3. The van der Waals surface area contributed by atoms with Gasteiger partial charge in [-0.3, -0.25) is 0 Å². The molecule has 110 valence electrons. The van der Waals surface area contributed by atoms with Crippen molar-refractivity contribution in [2.75, 3.05) is 6.79 Å². The molecule has 0 radical (unpaired) electrons. The minimum atomic E-state index is 0.282. The van der Waals surface area contributed by atoms with Crippen molar-refractivity contribution in [1.82, 2.24) is 19.7 Å². The van der Waals surface area contributed by atoms with Gasteiger partial charge in [0.05, 0.1) is 5.70 Å². The molecule has 0 amide bonds. The van der Waals surface area contributed by atoms with E-state index in [0.717, 1.165) is 34.1 Å². The van der Waals surface area contributed by atoms with Crippen LogP contribution in [0.2, 0.25) is 0 Å². The van der Waals surface area contributed by atoms with E-state index in [1.807, 2.05) is 35.0 Å². The first kappa shape index (κ1) is 12.7. The molecule has 0 spiro atoms. The van der Waals surface area contributed by atoms with Gasteiger partial charge in [-0.05, 0) is 17.7 Å². The van der Waals surface area contributed by atoms with Crippen molar-refractivity contribution in [3.8, 4) is 11.5 Å². The second-order valence-electron chi connectivity index (χ2n) is 4.95. The first-order chi connectivity index (χ1) is 10.8. The van der Waals surface area contributed by atoms with Crippen LogP contribution in [-0.2, 0) is 6.54 Å². The Morgan fingerprint density at radius 2 is 2.00 bits per heavy atom. The number of nitrogens with one attached hydrogen (secondary N) is 1. The van der Waals surface area contributed by atoms with Crippen molar-refractivity contribution >= 4 is 11.3 Å². The van der Waals surface area contributed by atoms with Gasteiger partial charge in [0.2, 0.25) is 6.79 Å². The van der Waals surface area contributed by atoms with E-state index >= 15 is 0 Å². The third kappa shape index (κ3) is 2.14. The van der Waals surface area contributed by atoms with Gasteiger partial charge in [-0.15, -0.1) is 0 Å². The van der Waals surface area contributed by atoms with Crippen molar-refractivity contribution in [2.45, 2.75) is 6.54 Å². The van der Waals surface area contributed by atoms with Gasteiger partial charge in [-0.25, -0.2) is 9.97 Å². The van der Waals surface area contributed by atoms with Crippen molar-refractivity contribution in [2.24, 2.45) is 0 Å². The van der Waals surface area contributed by atoms with Gasteiger partial charge in [0.1, 0.15) is 5.69 Å². The summed E-state index contributed by atoms with van der Waals surface area (Å²) in [6.45, 7) is 4.97. The third-order valence-electron chi connectivity index (χ3n) is 3.54. The summed E-state index contributed by atoms with van der Waals surface area (Å²) >= 11 is 0. The molecule has 3 heterocycles. The van der Waals surface area contributed by atoms with Crippen LogP contribution in [0.15, 0.2) is 49.6 Å². The first-order valence-electron chi connectivity index (χ1n) is 6.90. The average Bonchev–Trinajstić information content (AvgIpc) is 3.20. The Bertz CT molecular complexity index is 856. The second-order valence-corrected chi connectivity index (χ2v) is 4.95. The molecule has 4 rings (SSSR count). The molecule has 6 nitrogen and oxygen atoms in total. The van der Waals surface area contributed by atoms with Crippen LogP contribution in [0, 0.1) is 0 Å². The topological polar surface area (TPSA) is 60.7 Å². The van der Waals surface area contributed by atoms with Gasteiger partial charge < -0.3 is 19.2 Å². The molecule has 1 aliphatic rings. The van der Waals surface area contributed by atoms with Crippen molar-refractivity contribution in [3.63, 3.8) is 0 Å². The molecule has 3 aromatic rings. The second kappa shape index (κ2) is 5.07. The SMILES string of the molecule is C=C(NCc1ccc2c(c1)OCO2)c1nccn2ccnc12. The quantitative estimate of drug-likeness (QED) is 0.799. The molecule has 0 bridgehead atoms. The molecule has 1 aromatic carbocycles. The highest BCUT2D eigenvalue weighted by Gasteiger charge is 2.13. The Morgan fingerprint density at radius 3 is 2.91 bits per heavy atom. The summed E-state index contributed by atoms with van der Waals surface area (Å²) in [5, 5.41) is 3.28. The molecular weight excluding hydrogens is 280 g/mol. The minimum absolute atomic E-state index is 0.282. The van der Waals surface area contributed by atoms with Crippen LogP contribution in [0.4, 0.5) is 0 Å². The minimum Gasteiger partial charge on any atom is -0.454 e. The summed E-state index contributed by atoms with van der Waals surface area (Å²) < 4.78 is 12.6. The molecule has 0 aliphatic carbocycles. The fourth-order valence-corrected chi connectivity index (χ4v) is 2.41. The van der Waals surface area contributed by atoms with E-state index in [4.69, 9.17) is 9.47 Å². The Morgan fingerprint density at radius 1 is 1.18 bits per heavy atom. The molecule has 0 fully saturated rings. The summed E-state index contributed by atoms with van der Waals surface area (Å²) in [6, 6.07) is 5.87. The zero-order valence-electron chi connectivity index (χ0n) is 11.8. The number of benzene rings is 1. The van der Waals surface area contributed by atoms with Crippen LogP contribution in [0.25, 0.3) is 11.3 Å². The Balaban J connectivity index is 1.52.